The van der Waals surface area contributed by atoms with E-state index in [0.29, 0.717) is 43.4 Å². The van der Waals surface area contributed by atoms with Gasteiger partial charge in [-0.15, -0.1) is 0 Å². The molecule has 2 aromatic rings. The molecular weight excluding hydrogens is 344 g/mol. The van der Waals surface area contributed by atoms with Crippen molar-refractivity contribution in [1.29, 1.82) is 0 Å². The second-order valence-corrected chi connectivity index (χ2v) is 6.95. The topological polar surface area (TPSA) is 92.4 Å². The fraction of sp³-hybridized carbons (Fsp3) is 0.476. The highest BCUT2D eigenvalue weighted by Gasteiger charge is 2.09. The van der Waals surface area contributed by atoms with Crippen LogP contribution in [0.25, 0.3) is 11.3 Å². The average molecular weight is 372 g/mol. The van der Waals surface area contributed by atoms with Crippen molar-refractivity contribution < 1.29 is 19.1 Å². The third-order valence-electron chi connectivity index (χ3n) is 4.37. The monoisotopic (exact) mass is 372 g/mol. The minimum Gasteiger partial charge on any atom is -0.481 e. The van der Waals surface area contributed by atoms with Crippen LogP contribution in [0.1, 0.15) is 63.3 Å². The van der Waals surface area contributed by atoms with E-state index in [0.717, 1.165) is 18.4 Å². The first-order valence-electron chi connectivity index (χ1n) is 9.49. The minimum atomic E-state index is -0.778. The van der Waals surface area contributed by atoms with Crippen molar-refractivity contribution >= 4 is 11.9 Å². The molecule has 0 aliphatic carbocycles. The summed E-state index contributed by atoms with van der Waals surface area (Å²) in [5.41, 5.74) is 2.25. The first-order chi connectivity index (χ1) is 13.0. The van der Waals surface area contributed by atoms with E-state index in [1.54, 1.807) is 6.20 Å². The van der Waals surface area contributed by atoms with E-state index < -0.39 is 5.97 Å². The van der Waals surface area contributed by atoms with Crippen molar-refractivity contribution in [1.82, 2.24) is 10.3 Å². The van der Waals surface area contributed by atoms with Crippen LogP contribution >= 0.6 is 0 Å². The van der Waals surface area contributed by atoms with Crippen LogP contribution in [0.5, 0.6) is 0 Å². The number of benzene rings is 1. The Hall–Kier alpha value is -2.63. The largest absolute Gasteiger partial charge is 0.481 e. The number of rotatable bonds is 11. The summed E-state index contributed by atoms with van der Waals surface area (Å²) >= 11 is 0. The van der Waals surface area contributed by atoms with Crippen LogP contribution in [0.4, 0.5) is 0 Å². The Morgan fingerprint density at radius 1 is 1.11 bits per heavy atom. The molecule has 0 saturated heterocycles. The summed E-state index contributed by atoms with van der Waals surface area (Å²) in [6.45, 7) is 4.88. The Kier molecular flexibility index (Phi) is 8.04. The molecule has 0 fully saturated rings. The zero-order chi connectivity index (χ0) is 19.6. The van der Waals surface area contributed by atoms with E-state index in [1.807, 2.05) is 12.1 Å². The average Bonchev–Trinajstić information content (AvgIpc) is 3.11. The number of hydrogen-bond acceptors (Lipinski definition) is 4. The quantitative estimate of drug-likeness (QED) is 0.578. The smallest absolute Gasteiger partial charge is 0.303 e. The molecule has 6 nitrogen and oxygen atoms in total. The van der Waals surface area contributed by atoms with E-state index in [1.165, 1.54) is 5.56 Å². The summed E-state index contributed by atoms with van der Waals surface area (Å²) in [5, 5.41) is 11.4. The number of nitrogens with zero attached hydrogens (tertiary/aromatic N) is 1. The molecule has 2 N–H and O–H groups in total. The molecule has 6 heteroatoms. The first-order valence-corrected chi connectivity index (χ1v) is 9.49. The number of aromatic nitrogens is 1. The highest BCUT2D eigenvalue weighted by atomic mass is 16.4. The number of aryl methyl sites for hydroxylation is 1. The Labute approximate surface area is 160 Å². The molecule has 1 aromatic heterocycles. The van der Waals surface area contributed by atoms with Crippen LogP contribution in [0.3, 0.4) is 0 Å². The Morgan fingerprint density at radius 2 is 1.85 bits per heavy atom. The number of nitrogens with one attached hydrogen (secondary N) is 1. The second kappa shape index (κ2) is 10.5. The van der Waals surface area contributed by atoms with Crippen molar-refractivity contribution in [2.75, 3.05) is 6.54 Å². The van der Waals surface area contributed by atoms with Crippen molar-refractivity contribution in [3.8, 4) is 11.3 Å². The van der Waals surface area contributed by atoms with Gasteiger partial charge >= 0.3 is 5.97 Å². The summed E-state index contributed by atoms with van der Waals surface area (Å²) in [4.78, 5) is 26.5. The second-order valence-electron chi connectivity index (χ2n) is 6.95. The van der Waals surface area contributed by atoms with Crippen molar-refractivity contribution in [2.45, 2.75) is 58.3 Å². The summed E-state index contributed by atoms with van der Waals surface area (Å²) < 4.78 is 5.75. The summed E-state index contributed by atoms with van der Waals surface area (Å²) in [5.74, 6) is 0.920. The van der Waals surface area contributed by atoms with E-state index >= 15 is 0 Å². The normalized spacial score (nSPS) is 10.9. The van der Waals surface area contributed by atoms with E-state index in [-0.39, 0.29) is 12.3 Å². The van der Waals surface area contributed by atoms with Gasteiger partial charge in [0, 0.05) is 31.4 Å². The van der Waals surface area contributed by atoms with Crippen molar-refractivity contribution in [2.24, 2.45) is 0 Å². The van der Waals surface area contributed by atoms with Gasteiger partial charge in [-0.3, -0.25) is 9.59 Å². The first kappa shape index (κ1) is 20.7. The van der Waals surface area contributed by atoms with Gasteiger partial charge in [0.2, 0.25) is 5.91 Å². The predicted octanol–water partition coefficient (Wildman–Crippen LogP) is 4.16. The fourth-order valence-electron chi connectivity index (χ4n) is 2.71. The maximum absolute atomic E-state index is 11.9. The number of carboxylic acid groups (broad SMARTS) is 1. The molecule has 1 amide bonds. The molecular formula is C21H28N2O4. The molecule has 0 aliphatic heterocycles. The van der Waals surface area contributed by atoms with Gasteiger partial charge < -0.3 is 14.8 Å². The Bertz CT molecular complexity index is 735. The van der Waals surface area contributed by atoms with Gasteiger partial charge in [0.15, 0.2) is 11.7 Å². The minimum absolute atomic E-state index is 0.0470. The molecule has 1 aromatic carbocycles. The third kappa shape index (κ3) is 7.25. The highest BCUT2D eigenvalue weighted by Crippen LogP contribution is 2.23. The van der Waals surface area contributed by atoms with Gasteiger partial charge in [0.05, 0.1) is 6.20 Å². The van der Waals surface area contributed by atoms with Crippen LogP contribution < -0.4 is 5.32 Å². The number of carbonyl (C=O) groups is 2. The number of unbranched alkanes of at least 4 members (excludes halogenated alkanes) is 2. The van der Waals surface area contributed by atoms with Crippen molar-refractivity contribution in [3.05, 3.63) is 41.9 Å². The van der Waals surface area contributed by atoms with Gasteiger partial charge in [0.1, 0.15) is 0 Å². The molecule has 0 radical (unpaired) electrons. The number of amides is 1. The molecule has 27 heavy (non-hydrogen) atoms. The zero-order valence-electron chi connectivity index (χ0n) is 16.0. The van der Waals surface area contributed by atoms with E-state index in [4.69, 9.17) is 9.52 Å². The van der Waals surface area contributed by atoms with Gasteiger partial charge in [-0.2, -0.15) is 0 Å². The lowest BCUT2D eigenvalue weighted by Gasteiger charge is -2.05. The molecule has 0 saturated carbocycles. The van der Waals surface area contributed by atoms with E-state index in [2.05, 4.69) is 36.3 Å². The van der Waals surface area contributed by atoms with Crippen LogP contribution in [0.15, 0.2) is 34.9 Å². The molecule has 0 bridgehead atoms. The van der Waals surface area contributed by atoms with Crippen LogP contribution in [-0.2, 0) is 16.0 Å². The van der Waals surface area contributed by atoms with Gasteiger partial charge in [-0.05, 0) is 24.3 Å². The zero-order valence-corrected chi connectivity index (χ0v) is 16.0. The molecule has 1 heterocycles. The summed E-state index contributed by atoms with van der Waals surface area (Å²) in [7, 11) is 0. The van der Waals surface area contributed by atoms with Crippen molar-refractivity contribution in [3.63, 3.8) is 0 Å². The number of carboxylic acids is 1. The Balaban J connectivity index is 1.71. The number of hydrogen-bond donors (Lipinski definition) is 2. The lowest BCUT2D eigenvalue weighted by Crippen LogP contribution is -2.24. The standard InChI is InChI=1S/C21H28N2O4/c1-15(2)16-7-9-17(10-8-16)18-14-23-20(27-18)12-11-19(24)22-13-5-3-4-6-21(25)26/h7-10,14-15H,3-6,11-13H2,1-2H3,(H,22,24)(H,25,26). The molecule has 0 unspecified atom stereocenters. The number of carbonyl (C=O) groups excluding carboxylic acids is 1. The molecule has 0 aliphatic rings. The van der Waals surface area contributed by atoms with Crippen LogP contribution in [0.2, 0.25) is 0 Å². The van der Waals surface area contributed by atoms with Gasteiger partial charge in [0.25, 0.3) is 0 Å². The lowest BCUT2D eigenvalue weighted by molar-refractivity contribution is -0.137. The summed E-state index contributed by atoms with van der Waals surface area (Å²) in [6, 6.07) is 8.23. The highest BCUT2D eigenvalue weighted by molar-refractivity contribution is 5.76. The number of oxazole rings is 1. The molecule has 0 spiro atoms. The fourth-order valence-corrected chi connectivity index (χ4v) is 2.71. The lowest BCUT2D eigenvalue weighted by atomic mass is 10.0. The SMILES string of the molecule is CC(C)c1ccc(-c2cnc(CCC(=O)NCCCCCC(=O)O)o2)cc1. The molecule has 0 atom stereocenters. The predicted molar refractivity (Wildman–Crippen MR) is 103 cm³/mol. The maximum atomic E-state index is 11.9. The van der Waals surface area contributed by atoms with Crippen LogP contribution in [0, 0.1) is 0 Å². The number of aliphatic carboxylic acids is 1. The van der Waals surface area contributed by atoms with Gasteiger partial charge in [-0.25, -0.2) is 4.98 Å². The summed E-state index contributed by atoms with van der Waals surface area (Å²) in [6.07, 6.45) is 4.87. The molecule has 2 rings (SSSR count). The van der Waals surface area contributed by atoms with Gasteiger partial charge in [-0.1, -0.05) is 44.5 Å². The molecule has 146 valence electrons. The Morgan fingerprint density at radius 3 is 2.52 bits per heavy atom. The van der Waals surface area contributed by atoms with E-state index in [9.17, 15) is 9.59 Å². The third-order valence-corrected chi connectivity index (χ3v) is 4.37. The maximum Gasteiger partial charge on any atom is 0.303 e. The van der Waals surface area contributed by atoms with Crippen LogP contribution in [-0.4, -0.2) is 28.5 Å².